The van der Waals surface area contributed by atoms with Gasteiger partial charge >= 0.3 is 0 Å². The summed E-state index contributed by atoms with van der Waals surface area (Å²) in [5, 5.41) is 3.39. The van der Waals surface area contributed by atoms with Crippen molar-refractivity contribution in [2.24, 2.45) is 5.92 Å². The maximum absolute atomic E-state index is 4.33. The molecule has 1 aliphatic rings. The third kappa shape index (κ3) is 2.35. The maximum atomic E-state index is 4.33. The van der Waals surface area contributed by atoms with Gasteiger partial charge in [0.25, 0.3) is 0 Å². The Bertz CT molecular complexity index is 274. The lowest BCUT2D eigenvalue weighted by Crippen LogP contribution is -2.28. The molecule has 2 rings (SSSR count). The van der Waals surface area contributed by atoms with Gasteiger partial charge in [-0.3, -0.25) is 0 Å². The van der Waals surface area contributed by atoms with Crippen LogP contribution in [0.4, 0.5) is 0 Å². The van der Waals surface area contributed by atoms with Crippen LogP contribution in [0.2, 0.25) is 0 Å². The molecule has 78 valence electrons. The number of rotatable bonds is 3. The van der Waals surface area contributed by atoms with Gasteiger partial charge in [-0.15, -0.1) is 0 Å². The maximum Gasteiger partial charge on any atom is 0.105 e. The monoisotopic (exact) mass is 193 g/mol. The van der Waals surface area contributed by atoms with E-state index in [-0.39, 0.29) is 0 Å². The number of nitrogens with one attached hydrogen (secondary N) is 2. The third-order valence-corrected chi connectivity index (χ3v) is 2.98. The molecule has 1 aliphatic heterocycles. The molecule has 3 nitrogen and oxygen atoms in total. The molecule has 0 unspecified atom stereocenters. The van der Waals surface area contributed by atoms with Gasteiger partial charge in [0.05, 0.1) is 0 Å². The van der Waals surface area contributed by atoms with Crippen LogP contribution < -0.4 is 5.32 Å². The lowest BCUT2D eigenvalue weighted by Gasteiger charge is -2.21. The molecular weight excluding hydrogens is 174 g/mol. The quantitative estimate of drug-likeness (QED) is 0.764. The van der Waals surface area contributed by atoms with Crippen molar-refractivity contribution >= 4 is 0 Å². The molecule has 0 spiro atoms. The van der Waals surface area contributed by atoms with Crippen molar-refractivity contribution in [3.8, 4) is 0 Å². The molecule has 1 fully saturated rings. The Morgan fingerprint density at radius 2 is 2.21 bits per heavy atom. The molecule has 0 bridgehead atoms. The lowest BCUT2D eigenvalue weighted by atomic mass is 9.93. The van der Waals surface area contributed by atoms with Crippen molar-refractivity contribution in [3.05, 3.63) is 17.7 Å². The van der Waals surface area contributed by atoms with Crippen LogP contribution in [0.1, 0.15) is 31.3 Å². The van der Waals surface area contributed by atoms with Gasteiger partial charge in [0.2, 0.25) is 0 Å². The molecule has 1 aromatic heterocycles. The predicted molar refractivity (Wildman–Crippen MR) is 57.3 cm³/mol. The van der Waals surface area contributed by atoms with Gasteiger partial charge in [-0.25, -0.2) is 4.98 Å². The number of nitrogens with zero attached hydrogens (tertiary/aromatic N) is 1. The SMILES string of the molecule is CCc1ncc(CC2CCNCC2)[nH]1. The van der Waals surface area contributed by atoms with E-state index in [0.717, 1.165) is 18.2 Å². The summed E-state index contributed by atoms with van der Waals surface area (Å²) in [4.78, 5) is 7.71. The summed E-state index contributed by atoms with van der Waals surface area (Å²) in [6.45, 7) is 4.49. The average Bonchev–Trinajstić information content (AvgIpc) is 2.67. The number of hydrogen-bond acceptors (Lipinski definition) is 2. The first kappa shape index (κ1) is 9.71. The molecule has 1 saturated heterocycles. The first-order valence-corrected chi connectivity index (χ1v) is 5.62. The van der Waals surface area contributed by atoms with Crippen LogP contribution in [0.5, 0.6) is 0 Å². The van der Waals surface area contributed by atoms with E-state index in [4.69, 9.17) is 0 Å². The lowest BCUT2D eigenvalue weighted by molar-refractivity contribution is 0.370. The zero-order chi connectivity index (χ0) is 9.80. The van der Waals surface area contributed by atoms with Gasteiger partial charge in [0, 0.05) is 18.3 Å². The molecular formula is C11H19N3. The second-order valence-corrected chi connectivity index (χ2v) is 4.11. The zero-order valence-corrected chi connectivity index (χ0v) is 8.84. The number of H-pyrrole nitrogens is 1. The fraction of sp³-hybridized carbons (Fsp3) is 0.727. The second kappa shape index (κ2) is 4.60. The van der Waals surface area contributed by atoms with Crippen molar-refractivity contribution in [1.82, 2.24) is 15.3 Å². The summed E-state index contributed by atoms with van der Waals surface area (Å²) < 4.78 is 0. The largest absolute Gasteiger partial charge is 0.346 e. The van der Waals surface area contributed by atoms with Gasteiger partial charge in [-0.1, -0.05) is 6.92 Å². The van der Waals surface area contributed by atoms with Crippen molar-refractivity contribution in [2.45, 2.75) is 32.6 Å². The van der Waals surface area contributed by atoms with E-state index in [2.05, 4.69) is 22.2 Å². The summed E-state index contributed by atoms with van der Waals surface area (Å²) in [5.74, 6) is 1.97. The van der Waals surface area contributed by atoms with Crippen molar-refractivity contribution in [3.63, 3.8) is 0 Å². The zero-order valence-electron chi connectivity index (χ0n) is 8.84. The van der Waals surface area contributed by atoms with Gasteiger partial charge in [0.1, 0.15) is 5.82 Å². The fourth-order valence-corrected chi connectivity index (χ4v) is 2.09. The molecule has 0 aliphatic carbocycles. The van der Waals surface area contributed by atoms with Gasteiger partial charge in [-0.2, -0.15) is 0 Å². The van der Waals surface area contributed by atoms with E-state index in [1.165, 1.54) is 38.0 Å². The Balaban J connectivity index is 1.89. The van der Waals surface area contributed by atoms with Crippen LogP contribution >= 0.6 is 0 Å². The normalized spacial score (nSPS) is 18.6. The first-order chi connectivity index (χ1) is 6.88. The van der Waals surface area contributed by atoms with E-state index in [0.29, 0.717) is 0 Å². The number of aromatic amines is 1. The van der Waals surface area contributed by atoms with E-state index in [1.54, 1.807) is 0 Å². The van der Waals surface area contributed by atoms with Crippen molar-refractivity contribution < 1.29 is 0 Å². The Morgan fingerprint density at radius 1 is 1.43 bits per heavy atom. The molecule has 2 heterocycles. The highest BCUT2D eigenvalue weighted by molar-refractivity contribution is 5.02. The second-order valence-electron chi connectivity index (χ2n) is 4.11. The Hall–Kier alpha value is -0.830. The standard InChI is InChI=1S/C11H19N3/c1-2-11-13-8-10(14-11)7-9-3-5-12-6-4-9/h8-9,12H,2-7H2,1H3,(H,13,14). The molecule has 3 heteroatoms. The summed E-state index contributed by atoms with van der Waals surface area (Å²) in [6, 6.07) is 0. The Labute approximate surface area is 85.3 Å². The summed E-state index contributed by atoms with van der Waals surface area (Å²) >= 11 is 0. The van der Waals surface area contributed by atoms with E-state index < -0.39 is 0 Å². The molecule has 14 heavy (non-hydrogen) atoms. The van der Waals surface area contributed by atoms with Crippen molar-refractivity contribution in [2.75, 3.05) is 13.1 Å². The van der Waals surface area contributed by atoms with Crippen LogP contribution in [0.15, 0.2) is 6.20 Å². The van der Waals surface area contributed by atoms with E-state index in [1.807, 2.05) is 6.20 Å². The first-order valence-electron chi connectivity index (χ1n) is 5.62. The molecule has 0 amide bonds. The predicted octanol–water partition coefficient (Wildman–Crippen LogP) is 1.51. The highest BCUT2D eigenvalue weighted by Gasteiger charge is 2.14. The highest BCUT2D eigenvalue weighted by Crippen LogP contribution is 2.16. The number of aromatic nitrogens is 2. The van der Waals surface area contributed by atoms with Crippen LogP contribution in [-0.2, 0) is 12.8 Å². The van der Waals surface area contributed by atoms with Crippen LogP contribution in [0.3, 0.4) is 0 Å². The topological polar surface area (TPSA) is 40.7 Å². The number of aryl methyl sites for hydroxylation is 1. The number of hydrogen-bond donors (Lipinski definition) is 2. The van der Waals surface area contributed by atoms with Gasteiger partial charge in [-0.05, 0) is 38.3 Å². The minimum atomic E-state index is 0.849. The minimum absolute atomic E-state index is 0.849. The fourth-order valence-electron chi connectivity index (χ4n) is 2.09. The third-order valence-electron chi connectivity index (χ3n) is 2.98. The van der Waals surface area contributed by atoms with Gasteiger partial charge in [0.15, 0.2) is 0 Å². The van der Waals surface area contributed by atoms with Crippen LogP contribution in [0.25, 0.3) is 0 Å². The van der Waals surface area contributed by atoms with E-state index >= 15 is 0 Å². The minimum Gasteiger partial charge on any atom is -0.346 e. The Morgan fingerprint density at radius 3 is 2.86 bits per heavy atom. The number of imidazole rings is 1. The smallest absolute Gasteiger partial charge is 0.105 e. The molecule has 0 saturated carbocycles. The molecule has 0 aromatic carbocycles. The van der Waals surface area contributed by atoms with Crippen LogP contribution in [-0.4, -0.2) is 23.1 Å². The molecule has 2 N–H and O–H groups in total. The average molecular weight is 193 g/mol. The summed E-state index contributed by atoms with van der Waals surface area (Å²) in [7, 11) is 0. The highest BCUT2D eigenvalue weighted by atomic mass is 14.9. The Kier molecular flexibility index (Phi) is 3.19. The number of piperidine rings is 1. The van der Waals surface area contributed by atoms with Crippen molar-refractivity contribution in [1.29, 1.82) is 0 Å². The van der Waals surface area contributed by atoms with Gasteiger partial charge < -0.3 is 10.3 Å². The molecule has 0 radical (unpaired) electrons. The van der Waals surface area contributed by atoms with Crippen LogP contribution in [0, 0.1) is 5.92 Å². The summed E-state index contributed by atoms with van der Waals surface area (Å²) in [5.41, 5.74) is 1.31. The molecule has 1 aromatic rings. The molecule has 0 atom stereocenters. The summed E-state index contributed by atoms with van der Waals surface area (Å²) in [6.07, 6.45) is 6.79. The van der Waals surface area contributed by atoms with E-state index in [9.17, 15) is 0 Å².